The van der Waals surface area contributed by atoms with Gasteiger partial charge in [0.25, 0.3) is 0 Å². The zero-order chi connectivity index (χ0) is 12.3. The summed E-state index contributed by atoms with van der Waals surface area (Å²) in [5.41, 5.74) is 0.264. The predicted octanol–water partition coefficient (Wildman–Crippen LogP) is 3.18. The third-order valence-electron chi connectivity index (χ3n) is 2.19. The normalized spacial score (nSPS) is 11.2. The maximum Gasteiger partial charge on any atom is 0.204 e. The van der Waals surface area contributed by atoms with E-state index in [1.807, 2.05) is 24.3 Å². The molecule has 0 aromatic heterocycles. The van der Waals surface area contributed by atoms with Gasteiger partial charge in [0.1, 0.15) is 0 Å². The summed E-state index contributed by atoms with van der Waals surface area (Å²) in [4.78, 5) is 23.4. The van der Waals surface area contributed by atoms with E-state index in [1.165, 1.54) is 0 Å². The third kappa shape index (κ3) is 3.56. The topological polar surface area (TPSA) is 34.1 Å². The molecular formula is C13H15BrO2. The van der Waals surface area contributed by atoms with E-state index in [4.69, 9.17) is 0 Å². The number of Topliss-reactive ketones (excluding diaryl/α,β-unsaturated/α-hetero) is 2. The Labute approximate surface area is 104 Å². The Balaban J connectivity index is 2.76. The average molecular weight is 283 g/mol. The lowest BCUT2D eigenvalue weighted by molar-refractivity contribution is -0.140. The van der Waals surface area contributed by atoms with E-state index in [-0.39, 0.29) is 18.0 Å². The Morgan fingerprint density at radius 1 is 1.25 bits per heavy atom. The minimum atomic E-state index is -0.594. The Morgan fingerprint density at radius 2 is 1.88 bits per heavy atom. The summed E-state index contributed by atoms with van der Waals surface area (Å²) in [5, 5.41) is 0. The Kier molecular flexibility index (Phi) is 4.03. The van der Waals surface area contributed by atoms with Gasteiger partial charge in [0.2, 0.25) is 11.6 Å². The summed E-state index contributed by atoms with van der Waals surface area (Å²) < 4.78 is 0.918. The highest BCUT2D eigenvalue weighted by Crippen LogP contribution is 2.17. The first-order valence-electron chi connectivity index (χ1n) is 5.13. The van der Waals surface area contributed by atoms with Crippen LogP contribution >= 0.6 is 15.9 Å². The third-order valence-corrected chi connectivity index (χ3v) is 2.68. The van der Waals surface area contributed by atoms with Gasteiger partial charge in [-0.3, -0.25) is 9.59 Å². The molecule has 16 heavy (non-hydrogen) atoms. The van der Waals surface area contributed by atoms with Gasteiger partial charge in [0.15, 0.2) is 0 Å². The van der Waals surface area contributed by atoms with E-state index in [9.17, 15) is 9.59 Å². The number of benzene rings is 1. The summed E-state index contributed by atoms with van der Waals surface area (Å²) in [5.74, 6) is -0.641. The first kappa shape index (κ1) is 13.1. The van der Waals surface area contributed by atoms with Crippen LogP contribution in [0.3, 0.4) is 0 Å². The Morgan fingerprint density at radius 3 is 2.38 bits per heavy atom. The molecule has 1 aromatic rings. The molecule has 0 radical (unpaired) electrons. The highest BCUT2D eigenvalue weighted by molar-refractivity contribution is 9.10. The first-order chi connectivity index (χ1) is 7.30. The molecule has 0 aliphatic rings. The van der Waals surface area contributed by atoms with E-state index in [2.05, 4.69) is 15.9 Å². The van der Waals surface area contributed by atoms with E-state index in [1.54, 1.807) is 20.8 Å². The lowest BCUT2D eigenvalue weighted by Crippen LogP contribution is -2.29. The fourth-order valence-electron chi connectivity index (χ4n) is 1.33. The van der Waals surface area contributed by atoms with Crippen molar-refractivity contribution in [3.63, 3.8) is 0 Å². The number of halogens is 1. The molecule has 0 fully saturated rings. The molecule has 0 atom stereocenters. The highest BCUT2D eigenvalue weighted by Gasteiger charge is 2.27. The molecule has 0 bridgehead atoms. The number of ketones is 2. The quantitative estimate of drug-likeness (QED) is 0.798. The average Bonchev–Trinajstić information content (AvgIpc) is 2.15. The smallest absolute Gasteiger partial charge is 0.204 e. The Hall–Kier alpha value is -0.960. The van der Waals surface area contributed by atoms with Crippen LogP contribution in [0.15, 0.2) is 28.7 Å². The minimum absolute atomic E-state index is 0.176. The zero-order valence-corrected chi connectivity index (χ0v) is 11.3. The lowest BCUT2D eigenvalue weighted by atomic mass is 9.86. The van der Waals surface area contributed by atoms with Crippen LogP contribution in [0.25, 0.3) is 0 Å². The molecule has 0 aliphatic heterocycles. The molecule has 1 aromatic carbocycles. The summed E-state index contributed by atoms with van der Waals surface area (Å²) in [6.07, 6.45) is 0.176. The molecule has 0 saturated carbocycles. The molecule has 86 valence electrons. The fourth-order valence-corrected chi connectivity index (χ4v) is 1.78. The van der Waals surface area contributed by atoms with Crippen LogP contribution in [0, 0.1) is 5.41 Å². The van der Waals surface area contributed by atoms with Crippen molar-refractivity contribution in [2.24, 2.45) is 5.41 Å². The highest BCUT2D eigenvalue weighted by atomic mass is 79.9. The minimum Gasteiger partial charge on any atom is -0.290 e. The van der Waals surface area contributed by atoms with Gasteiger partial charge < -0.3 is 0 Å². The SMILES string of the molecule is CC(C)(C)C(=O)C(=O)Cc1cccc(Br)c1. The predicted molar refractivity (Wildman–Crippen MR) is 67.3 cm³/mol. The summed E-state index contributed by atoms with van der Waals surface area (Å²) in [6.45, 7) is 5.27. The Bertz CT molecular complexity index is 416. The number of rotatable bonds is 3. The van der Waals surface area contributed by atoms with Gasteiger partial charge in [-0.1, -0.05) is 48.8 Å². The van der Waals surface area contributed by atoms with E-state index < -0.39 is 5.41 Å². The summed E-state index contributed by atoms with van der Waals surface area (Å²) in [6, 6.07) is 7.44. The molecule has 0 amide bonds. The van der Waals surface area contributed by atoms with Gasteiger partial charge in [-0.25, -0.2) is 0 Å². The standard InChI is InChI=1S/C13H15BrO2/c1-13(2,3)12(16)11(15)8-9-5-4-6-10(14)7-9/h4-7H,8H2,1-3H3. The second-order valence-electron chi connectivity index (χ2n) is 4.81. The van der Waals surface area contributed by atoms with Crippen LogP contribution in [-0.2, 0) is 16.0 Å². The molecular weight excluding hydrogens is 268 g/mol. The fraction of sp³-hybridized carbons (Fsp3) is 0.385. The maximum atomic E-state index is 11.7. The van der Waals surface area contributed by atoms with Crippen molar-refractivity contribution in [3.8, 4) is 0 Å². The molecule has 3 heteroatoms. The molecule has 1 rings (SSSR count). The largest absolute Gasteiger partial charge is 0.290 e. The summed E-state index contributed by atoms with van der Waals surface area (Å²) >= 11 is 3.33. The number of hydrogen-bond donors (Lipinski definition) is 0. The van der Waals surface area contributed by atoms with Crippen LogP contribution in [0.1, 0.15) is 26.3 Å². The van der Waals surface area contributed by atoms with Crippen LogP contribution in [0.4, 0.5) is 0 Å². The molecule has 0 heterocycles. The van der Waals surface area contributed by atoms with Gasteiger partial charge in [-0.2, -0.15) is 0 Å². The van der Waals surface area contributed by atoms with Gasteiger partial charge in [0.05, 0.1) is 0 Å². The molecule has 0 saturated heterocycles. The van der Waals surface area contributed by atoms with Crippen molar-refractivity contribution >= 4 is 27.5 Å². The van der Waals surface area contributed by atoms with Gasteiger partial charge in [-0.05, 0) is 17.7 Å². The van der Waals surface area contributed by atoms with Crippen molar-refractivity contribution < 1.29 is 9.59 Å². The van der Waals surface area contributed by atoms with Crippen LogP contribution in [0.2, 0.25) is 0 Å². The molecule has 0 N–H and O–H groups in total. The molecule has 2 nitrogen and oxygen atoms in total. The van der Waals surface area contributed by atoms with E-state index in [0.29, 0.717) is 0 Å². The number of carbonyl (C=O) groups is 2. The van der Waals surface area contributed by atoms with Crippen molar-refractivity contribution in [1.29, 1.82) is 0 Å². The number of carbonyl (C=O) groups excluding carboxylic acids is 2. The zero-order valence-electron chi connectivity index (χ0n) is 9.71. The second kappa shape index (κ2) is 4.91. The second-order valence-corrected chi connectivity index (χ2v) is 5.72. The maximum absolute atomic E-state index is 11.7. The lowest BCUT2D eigenvalue weighted by Gasteiger charge is -2.15. The van der Waals surface area contributed by atoms with Crippen LogP contribution in [-0.4, -0.2) is 11.6 Å². The molecule has 0 aliphatic carbocycles. The molecule has 0 spiro atoms. The monoisotopic (exact) mass is 282 g/mol. The van der Waals surface area contributed by atoms with Gasteiger partial charge in [0, 0.05) is 16.3 Å². The van der Waals surface area contributed by atoms with E-state index >= 15 is 0 Å². The van der Waals surface area contributed by atoms with Crippen LogP contribution in [0.5, 0.6) is 0 Å². The van der Waals surface area contributed by atoms with Crippen LogP contribution < -0.4 is 0 Å². The van der Waals surface area contributed by atoms with Gasteiger partial charge in [-0.15, -0.1) is 0 Å². The van der Waals surface area contributed by atoms with E-state index in [0.717, 1.165) is 10.0 Å². The van der Waals surface area contributed by atoms with Crippen molar-refractivity contribution in [2.75, 3.05) is 0 Å². The first-order valence-corrected chi connectivity index (χ1v) is 5.92. The van der Waals surface area contributed by atoms with Crippen molar-refractivity contribution in [2.45, 2.75) is 27.2 Å². The summed E-state index contributed by atoms with van der Waals surface area (Å²) in [7, 11) is 0. The number of hydrogen-bond acceptors (Lipinski definition) is 2. The van der Waals surface area contributed by atoms with Gasteiger partial charge >= 0.3 is 0 Å². The molecule has 0 unspecified atom stereocenters. The van der Waals surface area contributed by atoms with Crippen molar-refractivity contribution in [1.82, 2.24) is 0 Å². The van der Waals surface area contributed by atoms with Crippen molar-refractivity contribution in [3.05, 3.63) is 34.3 Å².